The zero-order valence-corrected chi connectivity index (χ0v) is 11.0. The van der Waals surface area contributed by atoms with E-state index in [1.54, 1.807) is 0 Å². The highest BCUT2D eigenvalue weighted by molar-refractivity contribution is 5.44. The Labute approximate surface area is 103 Å². The minimum absolute atomic E-state index is 0.585. The highest BCUT2D eigenvalue weighted by Gasteiger charge is 2.24. The fraction of sp³-hybridized carbons (Fsp3) is 0.615. The molecule has 1 fully saturated rings. The maximum Gasteiger partial charge on any atom is 0.129 e. The van der Waals surface area contributed by atoms with E-state index in [9.17, 15) is 0 Å². The van der Waals surface area contributed by atoms with Crippen LogP contribution in [0.2, 0.25) is 0 Å². The molecule has 1 aliphatic heterocycles. The molecule has 1 unspecified atom stereocenters. The lowest BCUT2D eigenvalue weighted by Gasteiger charge is -2.21. The van der Waals surface area contributed by atoms with E-state index in [0.29, 0.717) is 12.6 Å². The van der Waals surface area contributed by atoms with Crippen LogP contribution in [0.4, 0.5) is 5.82 Å². The number of pyridine rings is 1. The molecule has 0 bridgehead atoms. The number of aryl methyl sites for hydroxylation is 1. The third-order valence-electron chi connectivity index (χ3n) is 3.45. The number of aromatic nitrogens is 1. The van der Waals surface area contributed by atoms with Gasteiger partial charge in [-0.1, -0.05) is 0 Å². The van der Waals surface area contributed by atoms with E-state index in [-0.39, 0.29) is 0 Å². The highest BCUT2D eigenvalue weighted by atomic mass is 15.3. The molecule has 0 aromatic carbocycles. The maximum absolute atomic E-state index is 5.71. The average Bonchev–Trinajstić information content (AvgIpc) is 2.77. The van der Waals surface area contributed by atoms with Crippen molar-refractivity contribution in [1.82, 2.24) is 9.88 Å². The number of rotatable bonds is 3. The van der Waals surface area contributed by atoms with Crippen molar-refractivity contribution >= 4 is 5.82 Å². The molecule has 1 saturated heterocycles. The minimum atomic E-state index is 0.585. The Morgan fingerprint density at radius 2 is 2.24 bits per heavy atom. The Bertz CT molecular complexity index is 389. The van der Waals surface area contributed by atoms with Gasteiger partial charge in [0.1, 0.15) is 5.82 Å². The lowest BCUT2D eigenvalue weighted by atomic mass is 10.2. The van der Waals surface area contributed by atoms with Crippen molar-refractivity contribution in [2.24, 2.45) is 5.73 Å². The van der Waals surface area contributed by atoms with Crippen LogP contribution in [-0.4, -0.2) is 43.1 Å². The van der Waals surface area contributed by atoms with Gasteiger partial charge in [-0.25, -0.2) is 4.98 Å². The number of nitrogens with two attached hydrogens (primary N) is 1. The van der Waals surface area contributed by atoms with E-state index >= 15 is 0 Å². The Kier molecular flexibility index (Phi) is 3.64. The normalized spacial score (nSPS) is 20.3. The first-order chi connectivity index (χ1) is 8.10. The molecule has 0 radical (unpaired) electrons. The fourth-order valence-corrected chi connectivity index (χ4v) is 2.37. The zero-order valence-electron chi connectivity index (χ0n) is 11.0. The third-order valence-corrected chi connectivity index (χ3v) is 3.45. The van der Waals surface area contributed by atoms with E-state index in [2.05, 4.69) is 41.0 Å². The average molecular weight is 234 g/mol. The summed E-state index contributed by atoms with van der Waals surface area (Å²) in [5.74, 6) is 1.08. The molecule has 0 saturated carbocycles. The van der Waals surface area contributed by atoms with Gasteiger partial charge in [0.15, 0.2) is 0 Å². The van der Waals surface area contributed by atoms with Crippen LogP contribution < -0.4 is 10.6 Å². The summed E-state index contributed by atoms with van der Waals surface area (Å²) in [5.41, 5.74) is 7.93. The van der Waals surface area contributed by atoms with Crippen molar-refractivity contribution in [2.45, 2.75) is 25.9 Å². The summed E-state index contributed by atoms with van der Waals surface area (Å²) >= 11 is 0. The van der Waals surface area contributed by atoms with E-state index in [4.69, 9.17) is 5.73 Å². The van der Waals surface area contributed by atoms with Gasteiger partial charge < -0.3 is 15.5 Å². The standard InChI is InChI=1S/C13H22N4/c1-10-6-11(8-14)7-13(15-10)17-5-4-12(9-17)16(2)3/h6-7,12H,4-5,8-9,14H2,1-3H3. The molecule has 1 aliphatic rings. The minimum Gasteiger partial charge on any atom is -0.355 e. The fourth-order valence-electron chi connectivity index (χ4n) is 2.37. The predicted molar refractivity (Wildman–Crippen MR) is 71.2 cm³/mol. The van der Waals surface area contributed by atoms with Crippen LogP contribution in [0.3, 0.4) is 0 Å². The first-order valence-electron chi connectivity index (χ1n) is 6.19. The molecule has 4 nitrogen and oxygen atoms in total. The molecule has 0 aliphatic carbocycles. The van der Waals surface area contributed by atoms with Gasteiger partial charge >= 0.3 is 0 Å². The van der Waals surface area contributed by atoms with Crippen LogP contribution in [0.1, 0.15) is 17.7 Å². The second-order valence-corrected chi connectivity index (χ2v) is 5.03. The van der Waals surface area contributed by atoms with Gasteiger partial charge in [0.2, 0.25) is 0 Å². The van der Waals surface area contributed by atoms with E-state index in [1.165, 1.54) is 12.0 Å². The molecule has 2 heterocycles. The van der Waals surface area contributed by atoms with Crippen LogP contribution in [-0.2, 0) is 6.54 Å². The number of nitrogens with zero attached hydrogens (tertiary/aromatic N) is 3. The Hall–Kier alpha value is -1.13. The first-order valence-corrected chi connectivity index (χ1v) is 6.19. The summed E-state index contributed by atoms with van der Waals surface area (Å²) in [5, 5.41) is 0. The zero-order chi connectivity index (χ0) is 12.4. The summed E-state index contributed by atoms with van der Waals surface area (Å²) in [6.07, 6.45) is 1.21. The molecular formula is C13H22N4. The first kappa shape index (κ1) is 12.3. The molecule has 0 spiro atoms. The molecule has 2 N–H and O–H groups in total. The topological polar surface area (TPSA) is 45.4 Å². The van der Waals surface area contributed by atoms with Crippen molar-refractivity contribution < 1.29 is 0 Å². The predicted octanol–water partition coefficient (Wildman–Crippen LogP) is 0.989. The summed E-state index contributed by atoms with van der Waals surface area (Å²) in [6, 6.07) is 4.81. The smallest absolute Gasteiger partial charge is 0.129 e. The molecule has 2 rings (SSSR count). The summed E-state index contributed by atoms with van der Waals surface area (Å²) in [4.78, 5) is 9.26. The van der Waals surface area contributed by atoms with Crippen LogP contribution >= 0.6 is 0 Å². The second kappa shape index (κ2) is 5.02. The Morgan fingerprint density at radius 1 is 1.47 bits per heavy atom. The molecule has 94 valence electrons. The van der Waals surface area contributed by atoms with Gasteiger partial charge in [0.05, 0.1) is 0 Å². The molecule has 17 heavy (non-hydrogen) atoms. The van der Waals surface area contributed by atoms with Gasteiger partial charge in [0, 0.05) is 31.4 Å². The van der Waals surface area contributed by atoms with Gasteiger partial charge in [-0.3, -0.25) is 0 Å². The summed E-state index contributed by atoms with van der Waals surface area (Å²) in [6.45, 7) is 4.76. The van der Waals surface area contributed by atoms with Crippen molar-refractivity contribution in [3.8, 4) is 0 Å². The number of anilines is 1. The maximum atomic E-state index is 5.71. The van der Waals surface area contributed by atoms with Gasteiger partial charge in [-0.15, -0.1) is 0 Å². The van der Waals surface area contributed by atoms with Gasteiger partial charge in [0.25, 0.3) is 0 Å². The second-order valence-electron chi connectivity index (χ2n) is 5.03. The molecule has 1 aromatic rings. The van der Waals surface area contributed by atoms with Crippen molar-refractivity contribution in [3.63, 3.8) is 0 Å². The largest absolute Gasteiger partial charge is 0.355 e. The molecule has 4 heteroatoms. The van der Waals surface area contributed by atoms with Crippen molar-refractivity contribution in [2.75, 3.05) is 32.1 Å². The lowest BCUT2D eigenvalue weighted by molar-refractivity contribution is 0.315. The quantitative estimate of drug-likeness (QED) is 0.847. The molecule has 1 aromatic heterocycles. The van der Waals surface area contributed by atoms with E-state index in [0.717, 1.165) is 24.6 Å². The van der Waals surface area contributed by atoms with E-state index < -0.39 is 0 Å². The van der Waals surface area contributed by atoms with Crippen LogP contribution in [0.5, 0.6) is 0 Å². The molecular weight excluding hydrogens is 212 g/mol. The monoisotopic (exact) mass is 234 g/mol. The number of likely N-dealkylation sites (N-methyl/N-ethyl adjacent to an activating group) is 1. The van der Waals surface area contributed by atoms with Crippen molar-refractivity contribution in [1.29, 1.82) is 0 Å². The van der Waals surface area contributed by atoms with Gasteiger partial charge in [-0.2, -0.15) is 0 Å². The van der Waals surface area contributed by atoms with Gasteiger partial charge in [-0.05, 0) is 45.1 Å². The van der Waals surface area contributed by atoms with Crippen LogP contribution in [0.15, 0.2) is 12.1 Å². The lowest BCUT2D eigenvalue weighted by Crippen LogP contribution is -2.31. The summed E-state index contributed by atoms with van der Waals surface area (Å²) in [7, 11) is 4.28. The third kappa shape index (κ3) is 2.76. The molecule has 1 atom stereocenters. The number of hydrogen-bond acceptors (Lipinski definition) is 4. The highest BCUT2D eigenvalue weighted by Crippen LogP contribution is 2.21. The summed E-state index contributed by atoms with van der Waals surface area (Å²) < 4.78 is 0. The molecule has 0 amide bonds. The van der Waals surface area contributed by atoms with Crippen molar-refractivity contribution in [3.05, 3.63) is 23.4 Å². The Balaban J connectivity index is 2.15. The van der Waals surface area contributed by atoms with Crippen LogP contribution in [0, 0.1) is 6.92 Å². The Morgan fingerprint density at radius 3 is 2.82 bits per heavy atom. The number of hydrogen-bond donors (Lipinski definition) is 1. The SMILES string of the molecule is Cc1cc(CN)cc(N2CCC(N(C)C)C2)n1. The van der Waals surface area contributed by atoms with E-state index in [1.807, 2.05) is 6.92 Å². The van der Waals surface area contributed by atoms with Crippen LogP contribution in [0.25, 0.3) is 0 Å².